The maximum Gasteiger partial charge on any atom is 0.278 e. The van der Waals surface area contributed by atoms with Gasteiger partial charge in [-0.15, -0.1) is 10.2 Å². The number of carbonyl (C=O) groups excluding carboxylic acids is 2. The average molecular weight is 438 g/mol. The van der Waals surface area contributed by atoms with Gasteiger partial charge in [0.15, 0.2) is 10.9 Å². The Morgan fingerprint density at radius 3 is 2.39 bits per heavy atom. The van der Waals surface area contributed by atoms with Crippen molar-refractivity contribution in [2.24, 2.45) is 0 Å². The van der Waals surface area contributed by atoms with Crippen molar-refractivity contribution in [1.29, 1.82) is 0 Å². The van der Waals surface area contributed by atoms with Gasteiger partial charge in [-0.1, -0.05) is 55.1 Å². The topological polar surface area (TPSA) is 117 Å². The number of aromatic amines is 1. The van der Waals surface area contributed by atoms with Gasteiger partial charge in [-0.25, -0.2) is 0 Å². The molecule has 0 radical (unpaired) electrons. The van der Waals surface area contributed by atoms with Crippen LogP contribution in [0.3, 0.4) is 0 Å². The molecule has 0 saturated heterocycles. The molecule has 8 nitrogen and oxygen atoms in total. The Hall–Kier alpha value is -3.46. The molecule has 2 amide bonds. The second-order valence-corrected chi connectivity index (χ2v) is 8.15. The van der Waals surface area contributed by atoms with Gasteiger partial charge in [0.25, 0.3) is 5.56 Å². The zero-order valence-electron chi connectivity index (χ0n) is 17.4. The first kappa shape index (κ1) is 22.2. The Kier molecular flexibility index (Phi) is 7.19. The lowest BCUT2D eigenvalue weighted by Crippen LogP contribution is -2.24. The van der Waals surface area contributed by atoms with Crippen LogP contribution < -0.4 is 16.2 Å². The van der Waals surface area contributed by atoms with Crippen LogP contribution in [0.5, 0.6) is 0 Å². The summed E-state index contributed by atoms with van der Waals surface area (Å²) in [6.45, 7) is 5.38. The molecule has 0 saturated carbocycles. The molecule has 0 aliphatic heterocycles. The van der Waals surface area contributed by atoms with E-state index in [0.717, 1.165) is 23.0 Å². The lowest BCUT2D eigenvalue weighted by atomic mass is 10.1. The number of carbonyl (C=O) groups is 2. The van der Waals surface area contributed by atoms with E-state index in [1.165, 1.54) is 0 Å². The first-order valence-electron chi connectivity index (χ1n) is 9.78. The van der Waals surface area contributed by atoms with E-state index in [2.05, 4.69) is 25.8 Å². The molecule has 31 heavy (non-hydrogen) atoms. The highest BCUT2D eigenvalue weighted by molar-refractivity contribution is 8.00. The van der Waals surface area contributed by atoms with Gasteiger partial charge in [0.1, 0.15) is 0 Å². The zero-order valence-corrected chi connectivity index (χ0v) is 18.2. The van der Waals surface area contributed by atoms with Gasteiger partial charge >= 0.3 is 0 Å². The van der Waals surface area contributed by atoms with Gasteiger partial charge in [-0.2, -0.15) is 0 Å². The fourth-order valence-corrected chi connectivity index (χ4v) is 3.50. The number of nitrogens with zero attached hydrogens (tertiary/aromatic N) is 2. The third-order valence-electron chi connectivity index (χ3n) is 4.51. The number of anilines is 2. The fraction of sp³-hybridized carbons (Fsp3) is 0.227. The van der Waals surface area contributed by atoms with Crippen LogP contribution in [0.15, 0.2) is 58.5 Å². The lowest BCUT2D eigenvalue weighted by Gasteiger charge is -2.13. The Morgan fingerprint density at radius 2 is 1.71 bits per heavy atom. The number of nitrogens with one attached hydrogen (secondary N) is 3. The normalized spacial score (nSPS) is 11.6. The second-order valence-electron chi connectivity index (χ2n) is 6.82. The van der Waals surface area contributed by atoms with E-state index in [4.69, 9.17) is 0 Å². The third kappa shape index (κ3) is 5.58. The van der Waals surface area contributed by atoms with Gasteiger partial charge in [-0.3, -0.25) is 19.4 Å². The first-order chi connectivity index (χ1) is 14.9. The molecule has 0 unspecified atom stereocenters. The van der Waals surface area contributed by atoms with Gasteiger partial charge < -0.3 is 10.6 Å². The van der Waals surface area contributed by atoms with Gasteiger partial charge in [0.2, 0.25) is 11.8 Å². The molecule has 0 bridgehead atoms. The minimum atomic E-state index is -0.508. The van der Waals surface area contributed by atoms with Crippen molar-refractivity contribution in [3.05, 3.63) is 64.4 Å². The number of para-hydroxylation sites is 2. The van der Waals surface area contributed by atoms with Crippen LogP contribution in [0.1, 0.15) is 25.8 Å². The summed E-state index contributed by atoms with van der Waals surface area (Å²) < 4.78 is 0. The van der Waals surface area contributed by atoms with Crippen molar-refractivity contribution >= 4 is 35.0 Å². The highest BCUT2D eigenvalue weighted by atomic mass is 32.2. The molecule has 1 aromatic heterocycles. The Bertz CT molecular complexity index is 1160. The van der Waals surface area contributed by atoms with E-state index in [0.29, 0.717) is 17.7 Å². The summed E-state index contributed by atoms with van der Waals surface area (Å²) in [4.78, 5) is 39.6. The number of aryl methyl sites for hydroxylation is 1. The van der Waals surface area contributed by atoms with E-state index < -0.39 is 10.8 Å². The lowest BCUT2D eigenvalue weighted by molar-refractivity contribution is -0.116. The zero-order chi connectivity index (χ0) is 22.4. The molecule has 3 aromatic rings. The number of rotatable bonds is 7. The minimum absolute atomic E-state index is 0.0911. The van der Waals surface area contributed by atoms with Crippen LogP contribution >= 0.6 is 11.8 Å². The van der Waals surface area contributed by atoms with Crippen molar-refractivity contribution in [2.75, 3.05) is 10.6 Å². The molecule has 0 spiro atoms. The van der Waals surface area contributed by atoms with Crippen molar-refractivity contribution in [3.63, 3.8) is 0 Å². The molecule has 0 aliphatic rings. The molecule has 3 rings (SSSR count). The molecular formula is C22H23N5O3S. The predicted molar refractivity (Wildman–Crippen MR) is 122 cm³/mol. The molecule has 1 atom stereocenters. The van der Waals surface area contributed by atoms with Crippen LogP contribution in [0.4, 0.5) is 11.4 Å². The van der Waals surface area contributed by atoms with Crippen LogP contribution in [0.25, 0.3) is 11.3 Å². The van der Waals surface area contributed by atoms with Crippen LogP contribution in [-0.2, 0) is 9.59 Å². The molecule has 2 aromatic carbocycles. The van der Waals surface area contributed by atoms with E-state index >= 15 is 0 Å². The monoisotopic (exact) mass is 437 g/mol. The van der Waals surface area contributed by atoms with Crippen LogP contribution in [0, 0.1) is 6.92 Å². The van der Waals surface area contributed by atoms with Gasteiger partial charge in [0.05, 0.1) is 10.9 Å². The summed E-state index contributed by atoms with van der Waals surface area (Å²) in [5.74, 6) is -0.379. The van der Waals surface area contributed by atoms with Gasteiger partial charge in [0, 0.05) is 17.7 Å². The second kappa shape index (κ2) is 10.0. The van der Waals surface area contributed by atoms with E-state index in [1.807, 2.05) is 31.2 Å². The third-order valence-corrected chi connectivity index (χ3v) is 5.49. The molecule has 0 fully saturated rings. The molecule has 3 N–H and O–H groups in total. The van der Waals surface area contributed by atoms with E-state index in [1.54, 1.807) is 38.1 Å². The molecule has 1 heterocycles. The molecular weight excluding hydrogens is 414 g/mol. The molecule has 9 heteroatoms. The van der Waals surface area contributed by atoms with Crippen molar-refractivity contribution in [2.45, 2.75) is 37.6 Å². The SMILES string of the molecule is CCC(=O)Nc1ccccc1-c1nnc(S[C@H](C)C(=O)Nc2ccccc2C)[nH]c1=O. The summed E-state index contributed by atoms with van der Waals surface area (Å²) in [6, 6.07) is 14.4. The van der Waals surface area contributed by atoms with Crippen molar-refractivity contribution < 1.29 is 9.59 Å². The number of hydrogen-bond acceptors (Lipinski definition) is 6. The average Bonchev–Trinajstić information content (AvgIpc) is 2.76. The quantitative estimate of drug-likeness (QED) is 0.486. The Labute approximate surface area is 183 Å². The Balaban J connectivity index is 1.76. The van der Waals surface area contributed by atoms with Crippen molar-refractivity contribution in [1.82, 2.24) is 15.2 Å². The maximum atomic E-state index is 12.7. The van der Waals surface area contributed by atoms with E-state index in [9.17, 15) is 14.4 Å². The molecule has 160 valence electrons. The summed E-state index contributed by atoms with van der Waals surface area (Å²) in [5, 5.41) is 13.5. The Morgan fingerprint density at radius 1 is 1.03 bits per heavy atom. The van der Waals surface area contributed by atoms with E-state index in [-0.39, 0.29) is 22.7 Å². The maximum absolute atomic E-state index is 12.7. The fourth-order valence-electron chi connectivity index (χ4n) is 2.76. The van der Waals surface area contributed by atoms with Crippen molar-refractivity contribution in [3.8, 4) is 11.3 Å². The predicted octanol–water partition coefficient (Wildman–Crippen LogP) is 3.61. The summed E-state index contributed by atoms with van der Waals surface area (Å²) >= 11 is 1.10. The first-order valence-corrected chi connectivity index (χ1v) is 10.7. The number of H-pyrrole nitrogens is 1. The number of hydrogen-bond donors (Lipinski definition) is 3. The largest absolute Gasteiger partial charge is 0.325 e. The minimum Gasteiger partial charge on any atom is -0.325 e. The molecule has 0 aliphatic carbocycles. The standard InChI is InChI=1S/C22H23N5O3S/c1-4-18(28)23-17-12-8-6-10-15(17)19-21(30)25-22(27-26-19)31-14(3)20(29)24-16-11-7-5-9-13(16)2/h5-12,14H,4H2,1-3H3,(H,23,28)(H,24,29)(H,25,27,30)/t14-/m1/s1. The highest BCUT2D eigenvalue weighted by Gasteiger charge is 2.19. The number of aromatic nitrogens is 3. The van der Waals surface area contributed by atoms with Crippen LogP contribution in [-0.4, -0.2) is 32.2 Å². The smallest absolute Gasteiger partial charge is 0.278 e. The number of amides is 2. The summed E-state index contributed by atoms with van der Waals surface area (Å²) in [5.41, 5.74) is 2.29. The van der Waals surface area contributed by atoms with Gasteiger partial charge in [-0.05, 0) is 31.5 Å². The number of benzene rings is 2. The van der Waals surface area contributed by atoms with Crippen LogP contribution in [0.2, 0.25) is 0 Å². The highest BCUT2D eigenvalue weighted by Crippen LogP contribution is 2.25. The number of thioether (sulfide) groups is 1. The summed E-state index contributed by atoms with van der Waals surface area (Å²) in [6.07, 6.45) is 0.314. The summed E-state index contributed by atoms with van der Waals surface area (Å²) in [7, 11) is 0.